The molecule has 0 spiro atoms. The molecule has 0 fully saturated rings. The van der Waals surface area contributed by atoms with Crippen LogP contribution in [0.5, 0.6) is 11.8 Å². The number of aryl methyl sites for hydroxylation is 1. The van der Waals surface area contributed by atoms with Crippen molar-refractivity contribution in [2.24, 2.45) is 0 Å². The highest BCUT2D eigenvalue weighted by atomic mass is 32.2. The van der Waals surface area contributed by atoms with Gasteiger partial charge in [0, 0.05) is 0 Å². The molecule has 8 heteroatoms. The van der Waals surface area contributed by atoms with E-state index in [9.17, 15) is 12.8 Å². The second-order valence-corrected chi connectivity index (χ2v) is 7.07. The molecular weight excluding hydrogens is 357 g/mol. The van der Waals surface area contributed by atoms with Gasteiger partial charge in [-0.2, -0.15) is 0 Å². The fraction of sp³-hybridized carbons (Fsp3) is 0.111. The summed E-state index contributed by atoms with van der Waals surface area (Å²) in [6.45, 7) is 1.99. The molecule has 0 bridgehead atoms. The number of benzene rings is 2. The lowest BCUT2D eigenvalue weighted by atomic mass is 10.2. The quantitative estimate of drug-likeness (QED) is 0.711. The molecule has 0 aliphatic carbocycles. The molecule has 1 aromatic heterocycles. The predicted molar refractivity (Wildman–Crippen MR) is 95.1 cm³/mol. The molecule has 3 rings (SSSR count). The Hall–Kier alpha value is -3.00. The first-order chi connectivity index (χ1) is 12.5. The Labute approximate surface area is 150 Å². The normalized spacial score (nSPS) is 11.2. The zero-order valence-electron chi connectivity index (χ0n) is 13.9. The highest BCUT2D eigenvalue weighted by Gasteiger charge is 2.15. The summed E-state index contributed by atoms with van der Waals surface area (Å²) in [6, 6.07) is 12.3. The molecular formula is C18H16FN3O3S. The van der Waals surface area contributed by atoms with Crippen molar-refractivity contribution in [3.63, 3.8) is 0 Å². The number of nitrogens with zero attached hydrogens (tertiary/aromatic N) is 2. The minimum atomic E-state index is -3.75. The highest BCUT2D eigenvalue weighted by molar-refractivity contribution is 7.92. The summed E-state index contributed by atoms with van der Waals surface area (Å²) < 4.78 is 45.9. The molecule has 6 nitrogen and oxygen atoms in total. The number of anilines is 1. The molecule has 0 amide bonds. The molecule has 1 heterocycles. The molecule has 0 atom stereocenters. The van der Waals surface area contributed by atoms with Crippen LogP contribution in [-0.4, -0.2) is 18.4 Å². The van der Waals surface area contributed by atoms with Gasteiger partial charge in [0.2, 0.25) is 0 Å². The average molecular weight is 373 g/mol. The summed E-state index contributed by atoms with van der Waals surface area (Å²) >= 11 is 0. The van der Waals surface area contributed by atoms with Gasteiger partial charge in [-0.1, -0.05) is 31.2 Å². The summed E-state index contributed by atoms with van der Waals surface area (Å²) in [5, 5.41) is 0. The lowest BCUT2D eigenvalue weighted by Crippen LogP contribution is -2.13. The van der Waals surface area contributed by atoms with Crippen LogP contribution in [-0.2, 0) is 16.4 Å². The van der Waals surface area contributed by atoms with Crippen molar-refractivity contribution in [1.82, 2.24) is 9.97 Å². The minimum Gasteiger partial charge on any atom is -0.421 e. The van der Waals surface area contributed by atoms with E-state index in [-0.39, 0.29) is 22.3 Å². The monoisotopic (exact) mass is 373 g/mol. The van der Waals surface area contributed by atoms with Gasteiger partial charge >= 0.3 is 6.01 Å². The van der Waals surface area contributed by atoms with E-state index < -0.39 is 15.8 Å². The molecule has 3 aromatic rings. The number of para-hydroxylation sites is 1. The Bertz CT molecular complexity index is 991. The summed E-state index contributed by atoms with van der Waals surface area (Å²) in [5.74, 6) is -0.562. The van der Waals surface area contributed by atoms with Crippen LogP contribution >= 0.6 is 0 Å². The minimum absolute atomic E-state index is 0.0168. The second-order valence-electron chi connectivity index (χ2n) is 5.39. The summed E-state index contributed by atoms with van der Waals surface area (Å²) in [5.41, 5.74) is 1.22. The van der Waals surface area contributed by atoms with Crippen LogP contribution in [0, 0.1) is 5.82 Å². The Kier molecular flexibility index (Phi) is 5.13. The van der Waals surface area contributed by atoms with Gasteiger partial charge in [-0.3, -0.25) is 4.72 Å². The van der Waals surface area contributed by atoms with Gasteiger partial charge in [0.1, 0.15) is 0 Å². The fourth-order valence-electron chi connectivity index (χ4n) is 2.17. The van der Waals surface area contributed by atoms with Crippen molar-refractivity contribution in [3.05, 3.63) is 72.3 Å². The van der Waals surface area contributed by atoms with Crippen molar-refractivity contribution in [1.29, 1.82) is 0 Å². The number of ether oxygens (including phenoxy) is 1. The van der Waals surface area contributed by atoms with Crippen LogP contribution in [0.4, 0.5) is 10.1 Å². The maximum atomic E-state index is 13.5. The first-order valence-corrected chi connectivity index (χ1v) is 9.32. The lowest BCUT2D eigenvalue weighted by molar-refractivity contribution is 0.411. The number of aromatic nitrogens is 2. The number of hydrogen-bond acceptors (Lipinski definition) is 5. The summed E-state index contributed by atoms with van der Waals surface area (Å²) in [4.78, 5) is 7.93. The number of halogens is 1. The molecule has 0 unspecified atom stereocenters. The number of nitrogens with one attached hydrogen (secondary N) is 1. The number of sulfonamides is 1. The SMILES string of the molecule is CCc1ccc(S(=O)(=O)Nc2cnc(Oc3ccccc3F)nc2)cc1. The van der Waals surface area contributed by atoms with Crippen molar-refractivity contribution >= 4 is 15.7 Å². The van der Waals surface area contributed by atoms with E-state index in [1.807, 2.05) is 6.92 Å². The zero-order valence-corrected chi connectivity index (χ0v) is 14.7. The van der Waals surface area contributed by atoms with Crippen LogP contribution in [0.15, 0.2) is 65.8 Å². The van der Waals surface area contributed by atoms with E-state index in [1.54, 1.807) is 18.2 Å². The molecule has 0 saturated carbocycles. The van der Waals surface area contributed by atoms with E-state index in [2.05, 4.69) is 14.7 Å². The third-order valence-electron chi connectivity index (χ3n) is 3.56. The molecule has 26 heavy (non-hydrogen) atoms. The Morgan fingerprint density at radius 3 is 2.31 bits per heavy atom. The Balaban J connectivity index is 1.73. The van der Waals surface area contributed by atoms with Gasteiger partial charge in [0.25, 0.3) is 10.0 Å². The van der Waals surface area contributed by atoms with Crippen molar-refractivity contribution in [2.45, 2.75) is 18.2 Å². The van der Waals surface area contributed by atoms with Crippen LogP contribution in [0.2, 0.25) is 0 Å². The Morgan fingerprint density at radius 1 is 1.04 bits per heavy atom. The number of hydrogen-bond donors (Lipinski definition) is 1. The average Bonchev–Trinajstić information content (AvgIpc) is 2.65. The maximum Gasteiger partial charge on any atom is 0.322 e. The van der Waals surface area contributed by atoms with Crippen LogP contribution in [0.25, 0.3) is 0 Å². The van der Waals surface area contributed by atoms with E-state index in [0.717, 1.165) is 12.0 Å². The van der Waals surface area contributed by atoms with Crippen LogP contribution in [0.1, 0.15) is 12.5 Å². The number of rotatable bonds is 6. The topological polar surface area (TPSA) is 81.2 Å². The van der Waals surface area contributed by atoms with Crippen molar-refractivity contribution in [3.8, 4) is 11.8 Å². The van der Waals surface area contributed by atoms with Crippen LogP contribution in [0.3, 0.4) is 0 Å². The van der Waals surface area contributed by atoms with Crippen molar-refractivity contribution in [2.75, 3.05) is 4.72 Å². The molecule has 134 valence electrons. The lowest BCUT2D eigenvalue weighted by Gasteiger charge is -2.09. The smallest absolute Gasteiger partial charge is 0.322 e. The van der Waals surface area contributed by atoms with E-state index in [1.165, 1.54) is 42.7 Å². The van der Waals surface area contributed by atoms with Crippen LogP contribution < -0.4 is 9.46 Å². The van der Waals surface area contributed by atoms with Gasteiger partial charge in [-0.15, -0.1) is 0 Å². The molecule has 1 N–H and O–H groups in total. The Morgan fingerprint density at radius 2 is 1.69 bits per heavy atom. The highest BCUT2D eigenvalue weighted by Crippen LogP contribution is 2.22. The van der Waals surface area contributed by atoms with Gasteiger partial charge in [0.15, 0.2) is 11.6 Å². The predicted octanol–water partition coefficient (Wildman–Crippen LogP) is 3.77. The standard InChI is InChI=1S/C18H16FN3O3S/c1-2-13-7-9-15(10-8-13)26(23,24)22-14-11-20-18(21-12-14)25-17-6-4-3-5-16(17)19/h3-12,22H,2H2,1H3. The van der Waals surface area contributed by atoms with E-state index in [0.29, 0.717) is 0 Å². The molecule has 0 aliphatic heterocycles. The van der Waals surface area contributed by atoms with Gasteiger partial charge in [-0.25, -0.2) is 22.8 Å². The van der Waals surface area contributed by atoms with E-state index in [4.69, 9.17) is 4.74 Å². The van der Waals surface area contributed by atoms with Gasteiger partial charge < -0.3 is 4.74 Å². The first kappa shape index (κ1) is 17.8. The third kappa shape index (κ3) is 4.15. The molecule has 0 saturated heterocycles. The third-order valence-corrected chi connectivity index (χ3v) is 4.96. The van der Waals surface area contributed by atoms with E-state index >= 15 is 0 Å². The molecule has 0 radical (unpaired) electrons. The largest absolute Gasteiger partial charge is 0.421 e. The molecule has 2 aromatic carbocycles. The zero-order chi connectivity index (χ0) is 18.6. The summed E-state index contributed by atoms with van der Waals surface area (Å²) in [6.07, 6.45) is 3.33. The van der Waals surface area contributed by atoms with Crippen molar-refractivity contribution < 1.29 is 17.5 Å². The summed E-state index contributed by atoms with van der Waals surface area (Å²) in [7, 11) is -3.75. The second kappa shape index (κ2) is 7.49. The maximum absolute atomic E-state index is 13.5. The first-order valence-electron chi connectivity index (χ1n) is 7.84. The van der Waals surface area contributed by atoms with Gasteiger partial charge in [-0.05, 0) is 36.2 Å². The molecule has 0 aliphatic rings. The van der Waals surface area contributed by atoms with Gasteiger partial charge in [0.05, 0.1) is 23.0 Å². The fourth-order valence-corrected chi connectivity index (χ4v) is 3.19.